The first-order valence-electron chi connectivity index (χ1n) is 5.43. The van der Waals surface area contributed by atoms with Crippen molar-refractivity contribution in [3.63, 3.8) is 0 Å². The number of fused-ring (bicyclic) bond motifs is 1. The highest BCUT2D eigenvalue weighted by Crippen LogP contribution is 2.28. The lowest BCUT2D eigenvalue weighted by atomic mass is 10.2. The summed E-state index contributed by atoms with van der Waals surface area (Å²) in [6, 6.07) is 12.6. The molecule has 0 bridgehead atoms. The number of hydrogen-bond donors (Lipinski definition) is 0. The fourth-order valence-electron chi connectivity index (χ4n) is 1.72. The van der Waals surface area contributed by atoms with E-state index in [1.807, 2.05) is 24.3 Å². The van der Waals surface area contributed by atoms with Crippen LogP contribution in [0.5, 0.6) is 11.7 Å². The van der Waals surface area contributed by atoms with E-state index in [0.717, 1.165) is 10.9 Å². The van der Waals surface area contributed by atoms with Gasteiger partial charge in [0.25, 0.3) is 5.95 Å². The van der Waals surface area contributed by atoms with Gasteiger partial charge >= 0.3 is 0 Å². The largest absolute Gasteiger partial charge is 0.424 e. The molecule has 0 amide bonds. The predicted octanol–water partition coefficient (Wildman–Crippen LogP) is 3.43. The van der Waals surface area contributed by atoms with E-state index in [0.29, 0.717) is 12.0 Å². The van der Waals surface area contributed by atoms with E-state index in [2.05, 4.69) is 4.98 Å². The van der Waals surface area contributed by atoms with Crippen molar-refractivity contribution < 1.29 is 13.9 Å². The van der Waals surface area contributed by atoms with Crippen LogP contribution in [0.1, 0.15) is 10.6 Å². The molecule has 0 saturated heterocycles. The Hall–Kier alpha value is -2.62. The van der Waals surface area contributed by atoms with Crippen LogP contribution in [0.3, 0.4) is 0 Å². The van der Waals surface area contributed by atoms with Gasteiger partial charge in [0.05, 0.1) is 0 Å². The lowest BCUT2D eigenvalue weighted by molar-refractivity contribution is 0.109. The lowest BCUT2D eigenvalue weighted by Gasteiger charge is -2.04. The molecule has 0 aliphatic heterocycles. The summed E-state index contributed by atoms with van der Waals surface area (Å²) in [5, 5.41) is 0.983. The smallest absolute Gasteiger partial charge is 0.290 e. The number of furan rings is 1. The van der Waals surface area contributed by atoms with Crippen LogP contribution in [0.2, 0.25) is 0 Å². The zero-order chi connectivity index (χ0) is 12.4. The Bertz CT molecular complexity index is 698. The average Bonchev–Trinajstić information content (AvgIpc) is 2.87. The first-order valence-corrected chi connectivity index (χ1v) is 5.43. The molecule has 2 heterocycles. The Labute approximate surface area is 103 Å². The third kappa shape index (κ3) is 1.84. The molecule has 4 heteroatoms. The SMILES string of the molecule is O=Cc1ccc(Oc2cccc3cccnc23)o1. The topological polar surface area (TPSA) is 52.3 Å². The maximum Gasteiger partial charge on any atom is 0.290 e. The summed E-state index contributed by atoms with van der Waals surface area (Å²) in [6.45, 7) is 0. The fraction of sp³-hybridized carbons (Fsp3) is 0. The highest BCUT2D eigenvalue weighted by molar-refractivity contribution is 5.84. The lowest BCUT2D eigenvalue weighted by Crippen LogP contribution is -1.86. The molecule has 0 N–H and O–H groups in total. The van der Waals surface area contributed by atoms with Crippen molar-refractivity contribution in [1.29, 1.82) is 0 Å². The second kappa shape index (κ2) is 4.33. The van der Waals surface area contributed by atoms with E-state index in [-0.39, 0.29) is 11.7 Å². The Morgan fingerprint density at radius 2 is 2.00 bits per heavy atom. The minimum absolute atomic E-state index is 0.234. The van der Waals surface area contributed by atoms with Gasteiger partial charge in [0, 0.05) is 17.6 Å². The Morgan fingerprint density at radius 1 is 1.11 bits per heavy atom. The summed E-state index contributed by atoms with van der Waals surface area (Å²) < 4.78 is 10.8. The summed E-state index contributed by atoms with van der Waals surface area (Å²) in [7, 11) is 0. The van der Waals surface area contributed by atoms with Crippen LogP contribution in [0.15, 0.2) is 53.1 Å². The number of rotatable bonds is 3. The molecule has 1 aromatic carbocycles. The molecule has 0 atom stereocenters. The predicted molar refractivity (Wildman–Crippen MR) is 65.9 cm³/mol. The first kappa shape index (κ1) is 10.5. The van der Waals surface area contributed by atoms with Gasteiger partial charge in [-0.2, -0.15) is 0 Å². The summed E-state index contributed by atoms with van der Waals surface area (Å²) in [4.78, 5) is 14.8. The second-order valence-corrected chi connectivity index (χ2v) is 3.71. The number of aromatic nitrogens is 1. The minimum atomic E-state index is 0.234. The third-order valence-electron chi connectivity index (χ3n) is 2.52. The molecule has 4 nitrogen and oxygen atoms in total. The van der Waals surface area contributed by atoms with E-state index in [1.54, 1.807) is 24.4 Å². The van der Waals surface area contributed by atoms with Crippen molar-refractivity contribution in [3.05, 3.63) is 54.4 Å². The number of benzene rings is 1. The van der Waals surface area contributed by atoms with E-state index < -0.39 is 0 Å². The van der Waals surface area contributed by atoms with Gasteiger partial charge in [-0.25, -0.2) is 0 Å². The van der Waals surface area contributed by atoms with Crippen molar-refractivity contribution in [3.8, 4) is 11.7 Å². The van der Waals surface area contributed by atoms with Gasteiger partial charge in [0.15, 0.2) is 17.8 Å². The molecule has 0 unspecified atom stereocenters. The van der Waals surface area contributed by atoms with Crippen LogP contribution >= 0.6 is 0 Å². The Kier molecular flexibility index (Phi) is 2.53. The number of para-hydroxylation sites is 1. The Morgan fingerprint density at radius 3 is 2.83 bits per heavy atom. The van der Waals surface area contributed by atoms with Crippen molar-refractivity contribution in [2.75, 3.05) is 0 Å². The molecule has 2 aromatic heterocycles. The van der Waals surface area contributed by atoms with E-state index in [9.17, 15) is 4.79 Å². The van der Waals surface area contributed by atoms with E-state index in [1.165, 1.54) is 0 Å². The summed E-state index contributed by atoms with van der Waals surface area (Å²) in [5.41, 5.74) is 0.754. The molecule has 0 fully saturated rings. The number of nitrogens with zero attached hydrogens (tertiary/aromatic N) is 1. The molecule has 3 aromatic rings. The number of carbonyl (C=O) groups excluding carboxylic acids is 1. The van der Waals surface area contributed by atoms with Gasteiger partial charge in [-0.1, -0.05) is 18.2 Å². The fourth-order valence-corrected chi connectivity index (χ4v) is 1.72. The standard InChI is InChI=1S/C14H9NO3/c16-9-11-6-7-13(17-11)18-12-5-1-3-10-4-2-8-15-14(10)12/h1-9H. The number of ether oxygens (including phenoxy) is 1. The van der Waals surface area contributed by atoms with Crippen LogP contribution in [-0.4, -0.2) is 11.3 Å². The molecular weight excluding hydrogens is 230 g/mol. The monoisotopic (exact) mass is 239 g/mol. The zero-order valence-corrected chi connectivity index (χ0v) is 9.37. The third-order valence-corrected chi connectivity index (χ3v) is 2.52. The van der Waals surface area contributed by atoms with Crippen LogP contribution in [0, 0.1) is 0 Å². The molecule has 18 heavy (non-hydrogen) atoms. The molecule has 3 rings (SSSR count). The van der Waals surface area contributed by atoms with Gasteiger partial charge in [0.2, 0.25) is 0 Å². The van der Waals surface area contributed by atoms with Crippen molar-refractivity contribution in [1.82, 2.24) is 4.98 Å². The number of pyridine rings is 1. The first-order chi connectivity index (χ1) is 8.86. The average molecular weight is 239 g/mol. The normalized spacial score (nSPS) is 10.4. The van der Waals surface area contributed by atoms with Crippen molar-refractivity contribution >= 4 is 17.2 Å². The maximum absolute atomic E-state index is 10.5. The van der Waals surface area contributed by atoms with Gasteiger partial charge in [-0.3, -0.25) is 9.78 Å². The molecule has 88 valence electrons. The van der Waals surface area contributed by atoms with Crippen LogP contribution in [-0.2, 0) is 0 Å². The Balaban J connectivity index is 2.01. The zero-order valence-electron chi connectivity index (χ0n) is 9.37. The molecule has 0 radical (unpaired) electrons. The molecular formula is C14H9NO3. The van der Waals surface area contributed by atoms with Crippen LogP contribution in [0.4, 0.5) is 0 Å². The molecule has 0 aliphatic rings. The number of aldehydes is 1. The van der Waals surface area contributed by atoms with Gasteiger partial charge < -0.3 is 9.15 Å². The van der Waals surface area contributed by atoms with E-state index >= 15 is 0 Å². The van der Waals surface area contributed by atoms with Crippen molar-refractivity contribution in [2.45, 2.75) is 0 Å². The van der Waals surface area contributed by atoms with Crippen LogP contribution < -0.4 is 4.74 Å². The number of hydrogen-bond acceptors (Lipinski definition) is 4. The summed E-state index contributed by atoms with van der Waals surface area (Å²) in [5.74, 6) is 1.10. The quantitative estimate of drug-likeness (QED) is 0.657. The van der Waals surface area contributed by atoms with Gasteiger partial charge in [0.1, 0.15) is 5.52 Å². The summed E-state index contributed by atoms with van der Waals surface area (Å²) in [6.07, 6.45) is 2.34. The van der Waals surface area contributed by atoms with E-state index in [4.69, 9.17) is 9.15 Å². The maximum atomic E-state index is 10.5. The number of carbonyl (C=O) groups is 1. The highest BCUT2D eigenvalue weighted by Gasteiger charge is 2.07. The molecule has 0 aliphatic carbocycles. The molecule has 0 saturated carbocycles. The summed E-state index contributed by atoms with van der Waals surface area (Å²) >= 11 is 0. The van der Waals surface area contributed by atoms with Gasteiger partial charge in [-0.15, -0.1) is 0 Å². The molecule has 0 spiro atoms. The van der Waals surface area contributed by atoms with Crippen molar-refractivity contribution in [2.24, 2.45) is 0 Å². The van der Waals surface area contributed by atoms with Crippen LogP contribution in [0.25, 0.3) is 10.9 Å². The minimum Gasteiger partial charge on any atom is -0.424 e. The highest BCUT2D eigenvalue weighted by atomic mass is 16.6. The van der Waals surface area contributed by atoms with Gasteiger partial charge in [-0.05, 0) is 18.2 Å². The second-order valence-electron chi connectivity index (χ2n) is 3.71.